The summed E-state index contributed by atoms with van der Waals surface area (Å²) in [7, 11) is 0. The molecule has 0 unspecified atom stereocenters. The summed E-state index contributed by atoms with van der Waals surface area (Å²) in [6.45, 7) is 15.6. The number of unbranched alkanes of at least 4 members (excludes halogenated alkanes) is 1. The molecule has 0 saturated carbocycles. The molecule has 0 spiro atoms. The van der Waals surface area contributed by atoms with Crippen molar-refractivity contribution in [1.29, 1.82) is 0 Å². The summed E-state index contributed by atoms with van der Waals surface area (Å²) in [6.07, 6.45) is 5.57. The second kappa shape index (κ2) is 12.5. The van der Waals surface area contributed by atoms with Gasteiger partial charge in [0, 0.05) is 5.02 Å². The van der Waals surface area contributed by atoms with E-state index in [9.17, 15) is 4.79 Å². The predicted molar refractivity (Wildman–Crippen MR) is 107 cm³/mol. The van der Waals surface area contributed by atoms with Crippen molar-refractivity contribution in [3.05, 3.63) is 34.3 Å². The van der Waals surface area contributed by atoms with Gasteiger partial charge in [-0.2, -0.15) is 0 Å². The standard InChI is InChI=1S/C15H20ClNO.C4H10.C2H6/c1-3-17-8-6-15(11-18,7-9-17)14-10-13(16)5-4-12(14)2;1-3-4-2;1-2/h4-5,10-11H,3,6-9H2,1-2H3;3-4H2,1-2H3;1-2H3. The van der Waals surface area contributed by atoms with Gasteiger partial charge in [0.2, 0.25) is 0 Å². The van der Waals surface area contributed by atoms with Gasteiger partial charge in [0.25, 0.3) is 0 Å². The highest BCUT2D eigenvalue weighted by atomic mass is 35.5. The Hall–Kier alpha value is -0.860. The Bertz CT molecular complexity index is 463. The average molecular weight is 354 g/mol. The van der Waals surface area contributed by atoms with E-state index in [4.69, 9.17) is 11.6 Å². The van der Waals surface area contributed by atoms with E-state index < -0.39 is 0 Å². The Kier molecular flexibility index (Phi) is 12.0. The molecule has 3 heteroatoms. The van der Waals surface area contributed by atoms with Crippen molar-refractivity contribution < 1.29 is 4.79 Å². The molecule has 0 bridgehead atoms. The van der Waals surface area contributed by atoms with Gasteiger partial charge >= 0.3 is 0 Å². The van der Waals surface area contributed by atoms with Crippen molar-refractivity contribution in [2.45, 2.75) is 72.6 Å². The molecule has 1 aliphatic heterocycles. The van der Waals surface area contributed by atoms with Crippen LogP contribution in [0.1, 0.15) is 71.4 Å². The quantitative estimate of drug-likeness (QED) is 0.615. The summed E-state index contributed by atoms with van der Waals surface area (Å²) in [5, 5.41) is 0.717. The SMILES string of the molecule is CC.CCCC.CCN1CCC(C=O)(c2cc(Cl)ccc2C)CC1. The molecule has 0 radical (unpaired) electrons. The molecule has 2 rings (SSSR count). The van der Waals surface area contributed by atoms with E-state index in [0.29, 0.717) is 0 Å². The number of likely N-dealkylation sites (tertiary alicyclic amines) is 1. The number of rotatable bonds is 4. The Morgan fingerprint density at radius 3 is 2.08 bits per heavy atom. The monoisotopic (exact) mass is 353 g/mol. The third-order valence-electron chi connectivity index (χ3n) is 4.66. The highest BCUT2D eigenvalue weighted by Crippen LogP contribution is 2.36. The summed E-state index contributed by atoms with van der Waals surface area (Å²) in [4.78, 5) is 14.1. The molecular weight excluding hydrogens is 318 g/mol. The number of benzene rings is 1. The lowest BCUT2D eigenvalue weighted by Crippen LogP contribution is -2.43. The number of aryl methyl sites for hydroxylation is 1. The number of halogens is 1. The van der Waals surface area contributed by atoms with Crippen molar-refractivity contribution in [2.24, 2.45) is 0 Å². The van der Waals surface area contributed by atoms with E-state index in [1.807, 2.05) is 32.0 Å². The van der Waals surface area contributed by atoms with Gasteiger partial charge in [0.15, 0.2) is 0 Å². The van der Waals surface area contributed by atoms with E-state index in [0.717, 1.165) is 54.9 Å². The first-order valence-electron chi connectivity index (χ1n) is 9.48. The van der Waals surface area contributed by atoms with E-state index in [1.165, 1.54) is 12.8 Å². The van der Waals surface area contributed by atoms with Gasteiger partial charge in [-0.1, -0.05) is 65.1 Å². The number of nitrogens with zero attached hydrogens (tertiary/aromatic N) is 1. The minimum Gasteiger partial charge on any atom is -0.304 e. The zero-order chi connectivity index (χ0) is 18.6. The maximum absolute atomic E-state index is 11.7. The fourth-order valence-electron chi connectivity index (χ4n) is 2.85. The molecule has 1 saturated heterocycles. The van der Waals surface area contributed by atoms with Crippen LogP contribution < -0.4 is 0 Å². The molecule has 24 heavy (non-hydrogen) atoms. The Labute approximate surface area is 154 Å². The van der Waals surface area contributed by atoms with Crippen LogP contribution in [0.25, 0.3) is 0 Å². The first-order chi connectivity index (χ1) is 11.5. The smallest absolute Gasteiger partial charge is 0.130 e. The Morgan fingerprint density at radius 1 is 1.12 bits per heavy atom. The van der Waals surface area contributed by atoms with Crippen molar-refractivity contribution in [3.63, 3.8) is 0 Å². The Morgan fingerprint density at radius 2 is 1.67 bits per heavy atom. The predicted octanol–water partition coefficient (Wildman–Crippen LogP) is 6.03. The van der Waals surface area contributed by atoms with Crippen LogP contribution in [0.2, 0.25) is 5.02 Å². The van der Waals surface area contributed by atoms with Gasteiger partial charge in [-0.15, -0.1) is 0 Å². The topological polar surface area (TPSA) is 20.3 Å². The van der Waals surface area contributed by atoms with Gasteiger partial charge in [0.1, 0.15) is 6.29 Å². The lowest BCUT2D eigenvalue weighted by molar-refractivity contribution is -0.114. The first kappa shape index (κ1) is 23.1. The molecule has 1 heterocycles. The van der Waals surface area contributed by atoms with E-state index in [1.54, 1.807) is 0 Å². The highest BCUT2D eigenvalue weighted by molar-refractivity contribution is 6.30. The molecule has 1 aliphatic rings. The lowest BCUT2D eigenvalue weighted by Gasteiger charge is -2.39. The zero-order valence-electron chi connectivity index (χ0n) is 16.5. The summed E-state index contributed by atoms with van der Waals surface area (Å²) < 4.78 is 0. The van der Waals surface area contributed by atoms with Crippen molar-refractivity contribution >= 4 is 17.9 Å². The summed E-state index contributed by atoms with van der Waals surface area (Å²) in [6, 6.07) is 5.86. The first-order valence-corrected chi connectivity index (χ1v) is 9.86. The third-order valence-corrected chi connectivity index (χ3v) is 4.89. The number of aldehydes is 1. The average Bonchev–Trinajstić information content (AvgIpc) is 2.65. The molecule has 1 fully saturated rings. The van der Waals surface area contributed by atoms with E-state index in [2.05, 4.69) is 32.6 Å². The van der Waals surface area contributed by atoms with Crippen LogP contribution in [0.15, 0.2) is 18.2 Å². The normalized spacial score (nSPS) is 16.3. The summed E-state index contributed by atoms with van der Waals surface area (Å²) >= 11 is 6.08. The van der Waals surface area contributed by atoms with E-state index >= 15 is 0 Å². The van der Waals surface area contributed by atoms with Crippen LogP contribution in [0.5, 0.6) is 0 Å². The Balaban J connectivity index is 0.000000773. The minimum absolute atomic E-state index is 0.333. The van der Waals surface area contributed by atoms with Crippen molar-refractivity contribution in [1.82, 2.24) is 4.90 Å². The zero-order valence-corrected chi connectivity index (χ0v) is 17.2. The van der Waals surface area contributed by atoms with Crippen LogP contribution in [-0.4, -0.2) is 30.8 Å². The number of piperidine rings is 1. The third kappa shape index (κ3) is 6.57. The fourth-order valence-corrected chi connectivity index (χ4v) is 3.02. The lowest BCUT2D eigenvalue weighted by atomic mass is 9.72. The fraction of sp³-hybridized carbons (Fsp3) is 0.667. The van der Waals surface area contributed by atoms with Gasteiger partial charge in [0.05, 0.1) is 5.41 Å². The van der Waals surface area contributed by atoms with Gasteiger partial charge in [-0.05, 0) is 62.7 Å². The molecule has 0 atom stereocenters. The number of hydrogen-bond acceptors (Lipinski definition) is 2. The van der Waals surface area contributed by atoms with Crippen LogP contribution >= 0.6 is 11.6 Å². The maximum Gasteiger partial charge on any atom is 0.130 e. The van der Waals surface area contributed by atoms with Crippen molar-refractivity contribution in [3.8, 4) is 0 Å². The highest BCUT2D eigenvalue weighted by Gasteiger charge is 2.36. The van der Waals surface area contributed by atoms with Gasteiger partial charge in [-0.25, -0.2) is 0 Å². The number of hydrogen-bond donors (Lipinski definition) is 0. The molecule has 138 valence electrons. The maximum atomic E-state index is 11.7. The molecule has 1 aromatic carbocycles. The van der Waals surface area contributed by atoms with Gasteiger partial charge < -0.3 is 9.69 Å². The molecule has 2 nitrogen and oxygen atoms in total. The van der Waals surface area contributed by atoms with Crippen LogP contribution in [0.4, 0.5) is 0 Å². The second-order valence-corrected chi connectivity index (χ2v) is 6.60. The number of carbonyl (C=O) groups excluding carboxylic acids is 1. The van der Waals surface area contributed by atoms with Crippen LogP contribution in [-0.2, 0) is 10.2 Å². The molecule has 0 aliphatic carbocycles. The van der Waals surface area contributed by atoms with Crippen LogP contribution in [0, 0.1) is 6.92 Å². The van der Waals surface area contributed by atoms with Gasteiger partial charge in [-0.3, -0.25) is 0 Å². The van der Waals surface area contributed by atoms with E-state index in [-0.39, 0.29) is 5.41 Å². The molecule has 0 N–H and O–H groups in total. The van der Waals surface area contributed by atoms with Crippen molar-refractivity contribution in [2.75, 3.05) is 19.6 Å². The second-order valence-electron chi connectivity index (χ2n) is 6.17. The summed E-state index contributed by atoms with van der Waals surface area (Å²) in [5.41, 5.74) is 1.94. The molecular formula is C21H36ClNO. The molecule has 0 aromatic heterocycles. The largest absolute Gasteiger partial charge is 0.304 e. The molecule has 0 amide bonds. The number of carbonyl (C=O) groups is 1. The summed E-state index contributed by atoms with van der Waals surface area (Å²) in [5.74, 6) is 0. The molecule has 1 aromatic rings. The minimum atomic E-state index is -0.333. The van der Waals surface area contributed by atoms with Crippen LogP contribution in [0.3, 0.4) is 0 Å².